The van der Waals surface area contributed by atoms with E-state index in [0.717, 1.165) is 32.3 Å². The topological polar surface area (TPSA) is 20.3 Å². The Morgan fingerprint density at radius 2 is 2.44 bits per heavy atom. The van der Waals surface area contributed by atoms with Gasteiger partial charge in [0.05, 0.1) is 5.38 Å². The first-order valence-corrected chi connectivity index (χ1v) is 3.60. The van der Waals surface area contributed by atoms with E-state index in [1.54, 1.807) is 4.90 Å². The SMILES string of the molecule is O=CN1CCCC(Cl)C1. The number of amides is 1. The van der Waals surface area contributed by atoms with E-state index in [0.29, 0.717) is 0 Å². The maximum absolute atomic E-state index is 10.2. The highest BCUT2D eigenvalue weighted by atomic mass is 35.5. The molecule has 0 spiro atoms. The Bertz CT molecular complexity index is 107. The largest absolute Gasteiger partial charge is 0.344 e. The normalized spacial score (nSPS) is 28.1. The molecule has 0 saturated carbocycles. The molecule has 0 aromatic carbocycles. The van der Waals surface area contributed by atoms with Gasteiger partial charge in [0, 0.05) is 13.1 Å². The molecular formula is C6H10ClNO. The van der Waals surface area contributed by atoms with Crippen molar-refractivity contribution in [2.24, 2.45) is 0 Å². The lowest BCUT2D eigenvalue weighted by molar-refractivity contribution is -0.118. The minimum atomic E-state index is 0.184. The van der Waals surface area contributed by atoms with Crippen molar-refractivity contribution in [2.45, 2.75) is 18.2 Å². The second-order valence-corrected chi connectivity index (χ2v) is 2.96. The minimum absolute atomic E-state index is 0.184. The number of alkyl halides is 1. The average Bonchev–Trinajstić information content (AvgIpc) is 1.88. The third-order valence-corrected chi connectivity index (χ3v) is 1.90. The van der Waals surface area contributed by atoms with Gasteiger partial charge in [-0.1, -0.05) is 0 Å². The number of carbonyl (C=O) groups excluding carboxylic acids is 1. The van der Waals surface area contributed by atoms with E-state index >= 15 is 0 Å². The molecule has 1 aliphatic heterocycles. The summed E-state index contributed by atoms with van der Waals surface area (Å²) in [7, 11) is 0. The van der Waals surface area contributed by atoms with Crippen molar-refractivity contribution in [2.75, 3.05) is 13.1 Å². The van der Waals surface area contributed by atoms with Crippen molar-refractivity contribution in [3.63, 3.8) is 0 Å². The average molecular weight is 148 g/mol. The molecule has 9 heavy (non-hydrogen) atoms. The fourth-order valence-electron chi connectivity index (χ4n) is 1.05. The Labute approximate surface area is 59.8 Å². The van der Waals surface area contributed by atoms with Crippen molar-refractivity contribution in [1.82, 2.24) is 4.90 Å². The van der Waals surface area contributed by atoms with Crippen LogP contribution in [0, 0.1) is 0 Å². The zero-order chi connectivity index (χ0) is 6.69. The Balaban J connectivity index is 2.31. The quantitative estimate of drug-likeness (QED) is 0.398. The molecule has 2 nitrogen and oxygen atoms in total. The first-order chi connectivity index (χ1) is 4.33. The summed E-state index contributed by atoms with van der Waals surface area (Å²) in [5, 5.41) is 0.184. The summed E-state index contributed by atoms with van der Waals surface area (Å²) in [4.78, 5) is 11.9. The van der Waals surface area contributed by atoms with Gasteiger partial charge in [0.15, 0.2) is 0 Å². The summed E-state index contributed by atoms with van der Waals surface area (Å²) in [6, 6.07) is 0. The Morgan fingerprint density at radius 1 is 1.67 bits per heavy atom. The van der Waals surface area contributed by atoms with Gasteiger partial charge in [0.1, 0.15) is 0 Å². The molecule has 0 aliphatic carbocycles. The molecule has 0 radical (unpaired) electrons. The third kappa shape index (κ3) is 1.86. The van der Waals surface area contributed by atoms with Gasteiger partial charge in [-0.3, -0.25) is 4.79 Å². The van der Waals surface area contributed by atoms with Gasteiger partial charge in [-0.05, 0) is 12.8 Å². The molecule has 0 aromatic rings. The monoisotopic (exact) mass is 147 g/mol. The Kier molecular flexibility index (Phi) is 2.34. The van der Waals surface area contributed by atoms with Gasteiger partial charge in [-0.25, -0.2) is 0 Å². The number of likely N-dealkylation sites (tertiary alicyclic amines) is 1. The molecule has 0 N–H and O–H groups in total. The lowest BCUT2D eigenvalue weighted by Gasteiger charge is -2.25. The van der Waals surface area contributed by atoms with Crippen molar-refractivity contribution >= 4 is 18.0 Å². The van der Waals surface area contributed by atoms with Gasteiger partial charge >= 0.3 is 0 Å². The van der Waals surface area contributed by atoms with Crippen LogP contribution in [-0.4, -0.2) is 29.8 Å². The summed E-state index contributed by atoms with van der Waals surface area (Å²) in [6.45, 7) is 1.61. The summed E-state index contributed by atoms with van der Waals surface area (Å²) in [5.74, 6) is 0. The van der Waals surface area contributed by atoms with Crippen molar-refractivity contribution in [3.05, 3.63) is 0 Å². The van der Waals surface area contributed by atoms with E-state index < -0.39 is 0 Å². The molecule has 3 heteroatoms. The molecule has 1 atom stereocenters. The third-order valence-electron chi connectivity index (χ3n) is 1.54. The number of rotatable bonds is 1. The number of hydrogen-bond donors (Lipinski definition) is 0. The first-order valence-electron chi connectivity index (χ1n) is 3.16. The van der Waals surface area contributed by atoms with Crippen molar-refractivity contribution in [3.8, 4) is 0 Å². The zero-order valence-electron chi connectivity index (χ0n) is 5.22. The van der Waals surface area contributed by atoms with Crippen LogP contribution in [0.3, 0.4) is 0 Å². The van der Waals surface area contributed by atoms with E-state index in [2.05, 4.69) is 0 Å². The highest BCUT2D eigenvalue weighted by molar-refractivity contribution is 6.20. The summed E-state index contributed by atoms with van der Waals surface area (Å²) in [6.07, 6.45) is 2.97. The predicted octanol–water partition coefficient (Wildman–Crippen LogP) is 0.846. The van der Waals surface area contributed by atoms with Crippen LogP contribution in [0.5, 0.6) is 0 Å². The molecule has 0 aromatic heterocycles. The maximum atomic E-state index is 10.2. The lowest BCUT2D eigenvalue weighted by atomic mass is 10.1. The second-order valence-electron chi connectivity index (χ2n) is 2.34. The summed E-state index contributed by atoms with van der Waals surface area (Å²) < 4.78 is 0. The molecule has 1 rings (SSSR count). The smallest absolute Gasteiger partial charge is 0.209 e. The van der Waals surface area contributed by atoms with Crippen molar-refractivity contribution < 1.29 is 4.79 Å². The summed E-state index contributed by atoms with van der Waals surface area (Å²) in [5.41, 5.74) is 0. The van der Waals surface area contributed by atoms with Gasteiger partial charge < -0.3 is 4.90 Å². The molecule has 1 heterocycles. The van der Waals surface area contributed by atoms with E-state index in [-0.39, 0.29) is 5.38 Å². The minimum Gasteiger partial charge on any atom is -0.344 e. The van der Waals surface area contributed by atoms with Crippen LogP contribution in [0.15, 0.2) is 0 Å². The fraction of sp³-hybridized carbons (Fsp3) is 0.833. The number of piperidine rings is 1. The highest BCUT2D eigenvalue weighted by Crippen LogP contribution is 2.12. The van der Waals surface area contributed by atoms with E-state index in [1.165, 1.54) is 0 Å². The number of hydrogen-bond acceptors (Lipinski definition) is 1. The fourth-order valence-corrected chi connectivity index (χ4v) is 1.38. The molecular weight excluding hydrogens is 138 g/mol. The molecule has 1 unspecified atom stereocenters. The molecule has 1 fully saturated rings. The number of nitrogens with zero attached hydrogens (tertiary/aromatic N) is 1. The lowest BCUT2D eigenvalue weighted by Crippen LogP contribution is -2.34. The van der Waals surface area contributed by atoms with Gasteiger partial charge in [-0.2, -0.15) is 0 Å². The standard InChI is InChI=1S/C6H10ClNO/c7-6-2-1-3-8(4-6)5-9/h5-6H,1-4H2. The van der Waals surface area contributed by atoms with Crippen LogP contribution >= 0.6 is 11.6 Å². The van der Waals surface area contributed by atoms with E-state index in [4.69, 9.17) is 11.6 Å². The second kappa shape index (κ2) is 3.06. The highest BCUT2D eigenvalue weighted by Gasteiger charge is 2.15. The van der Waals surface area contributed by atoms with Gasteiger partial charge in [0.25, 0.3) is 0 Å². The number of halogens is 1. The molecule has 52 valence electrons. The Morgan fingerprint density at radius 3 is 2.89 bits per heavy atom. The predicted molar refractivity (Wildman–Crippen MR) is 36.5 cm³/mol. The first kappa shape index (κ1) is 6.87. The molecule has 1 saturated heterocycles. The van der Waals surface area contributed by atoms with Crippen LogP contribution in [0.25, 0.3) is 0 Å². The van der Waals surface area contributed by atoms with Gasteiger partial charge in [0.2, 0.25) is 6.41 Å². The van der Waals surface area contributed by atoms with E-state index in [1.807, 2.05) is 0 Å². The zero-order valence-corrected chi connectivity index (χ0v) is 5.97. The van der Waals surface area contributed by atoms with E-state index in [9.17, 15) is 4.79 Å². The molecule has 0 bridgehead atoms. The Hall–Kier alpha value is -0.240. The van der Waals surface area contributed by atoms with Gasteiger partial charge in [-0.15, -0.1) is 11.6 Å². The van der Waals surface area contributed by atoms with Crippen LogP contribution in [0.4, 0.5) is 0 Å². The van der Waals surface area contributed by atoms with Crippen molar-refractivity contribution in [1.29, 1.82) is 0 Å². The van der Waals surface area contributed by atoms with Crippen LogP contribution in [-0.2, 0) is 4.79 Å². The maximum Gasteiger partial charge on any atom is 0.209 e. The molecule has 1 amide bonds. The van der Waals surface area contributed by atoms with Crippen LogP contribution in [0.1, 0.15) is 12.8 Å². The molecule has 1 aliphatic rings. The van der Waals surface area contributed by atoms with Crippen LogP contribution < -0.4 is 0 Å². The van der Waals surface area contributed by atoms with Crippen LogP contribution in [0.2, 0.25) is 0 Å². The summed E-state index contributed by atoms with van der Waals surface area (Å²) >= 11 is 5.79. The number of carbonyl (C=O) groups is 1.